The first-order valence-corrected chi connectivity index (χ1v) is 15.0. The molecule has 0 N–H and O–H groups in total. The van der Waals surface area contributed by atoms with E-state index >= 15 is 0 Å². The summed E-state index contributed by atoms with van der Waals surface area (Å²) in [5.41, 5.74) is 4.29. The number of benzene rings is 1. The van der Waals surface area contributed by atoms with Crippen LogP contribution in [-0.2, 0) is 35.0 Å². The van der Waals surface area contributed by atoms with Crippen molar-refractivity contribution in [2.45, 2.75) is 50.1 Å². The quantitative estimate of drug-likeness (QED) is 0.311. The third-order valence-electron chi connectivity index (χ3n) is 7.85. The number of aromatic nitrogens is 6. The second-order valence-corrected chi connectivity index (χ2v) is 12.3. The van der Waals surface area contributed by atoms with Crippen LogP contribution >= 0.6 is 0 Å². The van der Waals surface area contributed by atoms with Crippen molar-refractivity contribution in [2.75, 3.05) is 6.54 Å². The number of carbonyl (C=O) groups excluding carboxylic acids is 1. The smallest absolute Gasteiger partial charge is 0.268 e. The van der Waals surface area contributed by atoms with Gasteiger partial charge in [-0.3, -0.25) is 14.5 Å². The maximum Gasteiger partial charge on any atom is 0.268 e. The van der Waals surface area contributed by atoms with Crippen LogP contribution in [0.2, 0.25) is 0 Å². The molecule has 1 amide bonds. The van der Waals surface area contributed by atoms with Gasteiger partial charge in [0.1, 0.15) is 5.82 Å². The molecule has 1 fully saturated rings. The third kappa shape index (κ3) is 3.95. The lowest BCUT2D eigenvalue weighted by Gasteiger charge is -2.29. The molecule has 0 bridgehead atoms. The Morgan fingerprint density at radius 1 is 1.07 bits per heavy atom. The molecule has 7 rings (SSSR count). The lowest BCUT2D eigenvalue weighted by atomic mass is 10.1. The Balaban J connectivity index is 1.46. The van der Waals surface area contributed by atoms with Crippen LogP contribution in [0.3, 0.4) is 0 Å². The zero-order valence-electron chi connectivity index (χ0n) is 22.4. The Hall–Kier alpha value is -4.25. The summed E-state index contributed by atoms with van der Waals surface area (Å²) in [5.74, 6) is 1.53. The standard InChI is InChI=1S/C29H29N7O3S/c1-3-27(37)34-11-12-35-26(18-34)28(32-29(35)19-9-10-19)23-17-36(40(38,39)21-7-5-4-6-8-21)25-13-24(30-15-22(23)25)20-14-31-33(2)16-20/h4-8,13-17,19H,3,9-12,18H2,1-2H3. The maximum absolute atomic E-state index is 14.0. The molecule has 0 saturated heterocycles. The van der Waals surface area contributed by atoms with Crippen LogP contribution in [0, 0.1) is 0 Å². The molecule has 0 radical (unpaired) electrons. The number of nitrogens with zero attached hydrogens (tertiary/aromatic N) is 7. The van der Waals surface area contributed by atoms with Crippen molar-refractivity contribution in [1.82, 2.24) is 33.2 Å². The summed E-state index contributed by atoms with van der Waals surface area (Å²) in [6.07, 6.45) is 9.57. The zero-order valence-corrected chi connectivity index (χ0v) is 23.2. The van der Waals surface area contributed by atoms with Gasteiger partial charge in [-0.15, -0.1) is 0 Å². The molecule has 2 aliphatic rings. The van der Waals surface area contributed by atoms with E-state index in [1.807, 2.05) is 25.1 Å². The van der Waals surface area contributed by atoms with Crippen molar-refractivity contribution in [3.05, 3.63) is 72.7 Å². The van der Waals surface area contributed by atoms with E-state index in [-0.39, 0.29) is 10.8 Å². The third-order valence-corrected chi connectivity index (χ3v) is 9.53. The normalized spacial score (nSPS) is 15.5. The van der Waals surface area contributed by atoms with Crippen molar-refractivity contribution in [1.29, 1.82) is 0 Å². The van der Waals surface area contributed by atoms with Crippen LogP contribution in [0.15, 0.2) is 66.1 Å². The molecule has 40 heavy (non-hydrogen) atoms. The second-order valence-electron chi connectivity index (χ2n) is 10.5. The fourth-order valence-corrected chi connectivity index (χ4v) is 6.98. The van der Waals surface area contributed by atoms with Crippen molar-refractivity contribution in [3.8, 4) is 22.5 Å². The topological polar surface area (TPSA) is 108 Å². The zero-order chi connectivity index (χ0) is 27.6. The summed E-state index contributed by atoms with van der Waals surface area (Å²) in [5, 5.41) is 4.94. The Labute approximate surface area is 231 Å². The fourth-order valence-electron chi connectivity index (χ4n) is 5.60. The average Bonchev–Trinajstić information content (AvgIpc) is 3.44. The van der Waals surface area contributed by atoms with Gasteiger partial charge in [-0.25, -0.2) is 17.4 Å². The first-order valence-electron chi connectivity index (χ1n) is 13.5. The number of aryl methyl sites for hydroxylation is 1. The SMILES string of the molecule is CCC(=O)N1CCn2c(C3CC3)nc(-c3cn(S(=O)(=O)c4ccccc4)c4cc(-c5cnn(C)c5)ncc34)c2C1. The predicted octanol–water partition coefficient (Wildman–Crippen LogP) is 4.17. The van der Waals surface area contributed by atoms with Gasteiger partial charge < -0.3 is 9.47 Å². The lowest BCUT2D eigenvalue weighted by Crippen LogP contribution is -2.38. The number of fused-ring (bicyclic) bond motifs is 2. The molecule has 11 heteroatoms. The number of pyridine rings is 1. The molecule has 0 spiro atoms. The number of hydrogen-bond acceptors (Lipinski definition) is 6. The summed E-state index contributed by atoms with van der Waals surface area (Å²) >= 11 is 0. The summed E-state index contributed by atoms with van der Waals surface area (Å²) in [6.45, 7) is 3.65. The summed E-state index contributed by atoms with van der Waals surface area (Å²) in [7, 11) is -2.10. The van der Waals surface area contributed by atoms with Gasteiger partial charge >= 0.3 is 0 Å². The molecule has 0 unspecified atom stereocenters. The number of rotatable bonds is 6. The highest BCUT2D eigenvalue weighted by molar-refractivity contribution is 7.90. The number of carbonyl (C=O) groups is 1. The van der Waals surface area contributed by atoms with E-state index in [2.05, 4.69) is 9.67 Å². The minimum atomic E-state index is -3.92. The Kier molecular flexibility index (Phi) is 5.67. The molecule has 1 saturated carbocycles. The van der Waals surface area contributed by atoms with Crippen molar-refractivity contribution >= 4 is 26.8 Å². The largest absolute Gasteiger partial charge is 0.335 e. The fraction of sp³-hybridized carbons (Fsp3) is 0.310. The van der Waals surface area contributed by atoms with Crippen LogP contribution in [0.4, 0.5) is 0 Å². The monoisotopic (exact) mass is 555 g/mol. The highest BCUT2D eigenvalue weighted by Gasteiger charge is 2.35. The van der Waals surface area contributed by atoms with Gasteiger partial charge in [-0.2, -0.15) is 5.10 Å². The minimum absolute atomic E-state index is 0.100. The predicted molar refractivity (Wildman–Crippen MR) is 150 cm³/mol. The molecule has 5 heterocycles. The molecule has 0 atom stereocenters. The molecule has 1 aliphatic heterocycles. The maximum atomic E-state index is 14.0. The van der Waals surface area contributed by atoms with Crippen LogP contribution in [0.5, 0.6) is 0 Å². The van der Waals surface area contributed by atoms with E-state index in [1.54, 1.807) is 59.7 Å². The molecule has 4 aromatic heterocycles. The van der Waals surface area contributed by atoms with Gasteiger partial charge in [0.25, 0.3) is 10.0 Å². The first kappa shape index (κ1) is 24.8. The summed E-state index contributed by atoms with van der Waals surface area (Å²) in [4.78, 5) is 24.5. The Morgan fingerprint density at radius 2 is 1.88 bits per heavy atom. The van der Waals surface area contributed by atoms with E-state index in [9.17, 15) is 13.2 Å². The summed E-state index contributed by atoms with van der Waals surface area (Å²) in [6, 6.07) is 10.2. The van der Waals surface area contributed by atoms with E-state index in [0.717, 1.165) is 35.6 Å². The van der Waals surface area contributed by atoms with Crippen LogP contribution < -0.4 is 0 Å². The van der Waals surface area contributed by atoms with E-state index in [1.165, 1.54) is 3.97 Å². The number of amides is 1. The van der Waals surface area contributed by atoms with E-state index in [4.69, 9.17) is 9.97 Å². The molecule has 5 aromatic rings. The molecule has 204 valence electrons. The van der Waals surface area contributed by atoms with Gasteiger partial charge in [0.05, 0.1) is 40.2 Å². The van der Waals surface area contributed by atoms with Crippen molar-refractivity contribution < 1.29 is 13.2 Å². The Bertz CT molecular complexity index is 1880. The number of imidazole rings is 1. The number of hydrogen-bond donors (Lipinski definition) is 0. The molecular formula is C29H29N7O3S. The Morgan fingerprint density at radius 3 is 2.58 bits per heavy atom. The average molecular weight is 556 g/mol. The lowest BCUT2D eigenvalue weighted by molar-refractivity contribution is -0.132. The van der Waals surface area contributed by atoms with Gasteiger partial charge in [0, 0.05) is 67.6 Å². The van der Waals surface area contributed by atoms with E-state index in [0.29, 0.717) is 54.1 Å². The van der Waals surface area contributed by atoms with Gasteiger partial charge in [0.15, 0.2) is 0 Å². The van der Waals surface area contributed by atoms with Gasteiger partial charge in [-0.1, -0.05) is 25.1 Å². The van der Waals surface area contributed by atoms with Gasteiger partial charge in [-0.05, 0) is 31.0 Å². The highest BCUT2D eigenvalue weighted by atomic mass is 32.2. The van der Waals surface area contributed by atoms with Crippen LogP contribution in [0.25, 0.3) is 33.4 Å². The molecule has 1 aromatic carbocycles. The van der Waals surface area contributed by atoms with Crippen LogP contribution in [-0.4, -0.2) is 54.1 Å². The second kappa shape index (κ2) is 9.16. The molecule has 1 aliphatic carbocycles. The molecule has 10 nitrogen and oxygen atoms in total. The van der Waals surface area contributed by atoms with Crippen LogP contribution in [0.1, 0.15) is 43.6 Å². The van der Waals surface area contributed by atoms with Gasteiger partial charge in [0.2, 0.25) is 5.91 Å². The van der Waals surface area contributed by atoms with Crippen molar-refractivity contribution in [3.63, 3.8) is 0 Å². The molecular weight excluding hydrogens is 526 g/mol. The highest BCUT2D eigenvalue weighted by Crippen LogP contribution is 2.44. The minimum Gasteiger partial charge on any atom is -0.335 e. The summed E-state index contributed by atoms with van der Waals surface area (Å²) < 4.78 is 33.2. The first-order chi connectivity index (χ1) is 19.3. The van der Waals surface area contributed by atoms with Crippen molar-refractivity contribution in [2.24, 2.45) is 7.05 Å². The van der Waals surface area contributed by atoms with E-state index < -0.39 is 10.0 Å².